The minimum atomic E-state index is -0.245. The van der Waals surface area contributed by atoms with E-state index in [0.717, 1.165) is 0 Å². The number of carbonyl (C=O) groups excluding carboxylic acids is 1. The lowest BCUT2D eigenvalue weighted by Gasteiger charge is -1.89. The number of ketones is 1. The number of hydrogen-bond acceptors (Lipinski definition) is 3. The van der Waals surface area contributed by atoms with E-state index in [4.69, 9.17) is 4.42 Å². The molecule has 0 atom stereocenters. The van der Waals surface area contributed by atoms with Crippen LogP contribution in [0, 0.1) is 0 Å². The van der Waals surface area contributed by atoms with Crippen LogP contribution in [-0.2, 0) is 0 Å². The first-order valence-electron chi connectivity index (χ1n) is 2.81. The van der Waals surface area contributed by atoms with Crippen LogP contribution < -0.4 is 0 Å². The van der Waals surface area contributed by atoms with Gasteiger partial charge in [-0.15, -0.1) is 0 Å². The summed E-state index contributed by atoms with van der Waals surface area (Å²) in [4.78, 5) is 14.6. The monoisotopic (exact) mass is 137 g/mol. The summed E-state index contributed by atoms with van der Waals surface area (Å²) < 4.78 is 4.74. The normalized spacial score (nSPS) is 9.30. The lowest BCUT2D eigenvalue weighted by molar-refractivity contribution is 0.0998. The highest BCUT2D eigenvalue weighted by Crippen LogP contribution is 2.02. The van der Waals surface area contributed by atoms with E-state index in [1.165, 1.54) is 12.5 Å². The number of carbonyl (C=O) groups is 1. The quantitative estimate of drug-likeness (QED) is 0.457. The van der Waals surface area contributed by atoms with Gasteiger partial charge < -0.3 is 4.42 Å². The second kappa shape index (κ2) is 2.47. The van der Waals surface area contributed by atoms with Crippen LogP contribution in [0.25, 0.3) is 0 Å². The molecule has 0 aliphatic heterocycles. The van der Waals surface area contributed by atoms with Crippen LogP contribution in [0.2, 0.25) is 0 Å². The lowest BCUT2D eigenvalue weighted by atomic mass is 10.2. The molecule has 0 aliphatic carbocycles. The molecule has 3 heteroatoms. The number of hydrogen-bond donors (Lipinski definition) is 0. The van der Waals surface area contributed by atoms with Crippen molar-refractivity contribution < 1.29 is 9.21 Å². The highest BCUT2D eigenvalue weighted by molar-refractivity contribution is 6.04. The summed E-state index contributed by atoms with van der Waals surface area (Å²) in [5, 5.41) is 0. The molecule has 0 bridgehead atoms. The maximum Gasteiger partial charge on any atom is 0.267 e. The van der Waals surface area contributed by atoms with Crippen LogP contribution in [0.15, 0.2) is 29.0 Å². The van der Waals surface area contributed by atoms with E-state index in [1.54, 1.807) is 6.92 Å². The molecule has 0 aliphatic rings. The number of Topliss-reactive ketones (excluding diaryl/α,β-unsaturated/α-hetero) is 1. The van der Waals surface area contributed by atoms with Gasteiger partial charge in [0.25, 0.3) is 5.89 Å². The summed E-state index contributed by atoms with van der Waals surface area (Å²) in [6, 6.07) is 0. The van der Waals surface area contributed by atoms with E-state index >= 15 is 0 Å². The van der Waals surface area contributed by atoms with Gasteiger partial charge in [-0.25, -0.2) is 4.98 Å². The topological polar surface area (TPSA) is 43.1 Å². The Hall–Kier alpha value is -1.38. The third-order valence-corrected chi connectivity index (χ3v) is 1.01. The average Bonchev–Trinajstić information content (AvgIpc) is 2.36. The highest BCUT2D eigenvalue weighted by Gasteiger charge is 2.09. The maximum absolute atomic E-state index is 10.9. The molecule has 0 aromatic carbocycles. The third-order valence-electron chi connectivity index (χ3n) is 1.01. The highest BCUT2D eigenvalue weighted by atomic mass is 16.3. The number of rotatable bonds is 2. The third kappa shape index (κ3) is 1.13. The fraction of sp³-hybridized carbons (Fsp3) is 0.143. The van der Waals surface area contributed by atoms with Crippen LogP contribution in [-0.4, -0.2) is 10.8 Å². The van der Waals surface area contributed by atoms with E-state index in [0.29, 0.717) is 5.57 Å². The summed E-state index contributed by atoms with van der Waals surface area (Å²) in [6.45, 7) is 5.08. The SMILES string of the molecule is C=C(C)C(=O)c1ncco1. The molecule has 1 aromatic rings. The molecule has 0 radical (unpaired) electrons. The van der Waals surface area contributed by atoms with E-state index in [-0.39, 0.29) is 11.7 Å². The zero-order valence-electron chi connectivity index (χ0n) is 5.63. The summed E-state index contributed by atoms with van der Waals surface area (Å²) in [6.07, 6.45) is 2.78. The fourth-order valence-corrected chi connectivity index (χ4v) is 0.518. The number of oxazole rings is 1. The summed E-state index contributed by atoms with van der Waals surface area (Å²) in [7, 11) is 0. The van der Waals surface area contributed by atoms with Crippen molar-refractivity contribution in [1.82, 2.24) is 4.98 Å². The Morgan fingerprint density at radius 2 is 2.50 bits per heavy atom. The first-order chi connectivity index (χ1) is 4.72. The molecule has 10 heavy (non-hydrogen) atoms. The minimum Gasteiger partial charge on any atom is -0.442 e. The Morgan fingerprint density at radius 1 is 1.80 bits per heavy atom. The predicted molar refractivity (Wildman–Crippen MR) is 35.6 cm³/mol. The van der Waals surface area contributed by atoms with Gasteiger partial charge in [-0.3, -0.25) is 4.79 Å². The number of nitrogens with zero attached hydrogens (tertiary/aromatic N) is 1. The van der Waals surface area contributed by atoms with Crippen molar-refractivity contribution in [2.45, 2.75) is 6.92 Å². The molecular weight excluding hydrogens is 130 g/mol. The molecule has 0 N–H and O–H groups in total. The van der Waals surface area contributed by atoms with Gasteiger partial charge >= 0.3 is 0 Å². The lowest BCUT2D eigenvalue weighted by Crippen LogP contribution is -1.98. The van der Waals surface area contributed by atoms with Crippen molar-refractivity contribution in [3.05, 3.63) is 30.5 Å². The molecule has 52 valence electrons. The van der Waals surface area contributed by atoms with Gasteiger partial charge in [0.15, 0.2) is 0 Å². The zero-order valence-corrected chi connectivity index (χ0v) is 5.63. The van der Waals surface area contributed by atoms with Crippen molar-refractivity contribution in [1.29, 1.82) is 0 Å². The van der Waals surface area contributed by atoms with E-state index in [9.17, 15) is 4.79 Å². The van der Waals surface area contributed by atoms with Gasteiger partial charge in [-0.1, -0.05) is 6.58 Å². The Morgan fingerprint density at radius 3 is 2.90 bits per heavy atom. The van der Waals surface area contributed by atoms with Crippen molar-refractivity contribution in [2.75, 3.05) is 0 Å². The van der Waals surface area contributed by atoms with Crippen molar-refractivity contribution in [3.8, 4) is 0 Å². The van der Waals surface area contributed by atoms with E-state index < -0.39 is 0 Å². The molecule has 0 unspecified atom stereocenters. The predicted octanol–water partition coefficient (Wildman–Crippen LogP) is 1.43. The number of aromatic nitrogens is 1. The first kappa shape index (κ1) is 6.74. The second-order valence-corrected chi connectivity index (χ2v) is 1.95. The first-order valence-corrected chi connectivity index (χ1v) is 2.81. The van der Waals surface area contributed by atoms with Crippen molar-refractivity contribution in [2.24, 2.45) is 0 Å². The summed E-state index contributed by atoms with van der Waals surface area (Å²) in [5.41, 5.74) is 0.433. The molecule has 0 saturated heterocycles. The summed E-state index contributed by atoms with van der Waals surface area (Å²) in [5.74, 6) is -0.141. The zero-order chi connectivity index (χ0) is 7.56. The molecule has 0 fully saturated rings. The fourth-order valence-electron chi connectivity index (χ4n) is 0.518. The van der Waals surface area contributed by atoms with Crippen LogP contribution in [0.3, 0.4) is 0 Å². The van der Waals surface area contributed by atoms with Crippen molar-refractivity contribution >= 4 is 5.78 Å². The number of allylic oxidation sites excluding steroid dienone is 1. The van der Waals surface area contributed by atoms with Crippen LogP contribution in [0.4, 0.5) is 0 Å². The minimum absolute atomic E-state index is 0.104. The Balaban J connectivity index is 2.88. The van der Waals surface area contributed by atoms with Gasteiger partial charge in [-0.05, 0) is 12.5 Å². The van der Waals surface area contributed by atoms with Gasteiger partial charge in [0.2, 0.25) is 5.78 Å². The van der Waals surface area contributed by atoms with Gasteiger partial charge in [0, 0.05) is 0 Å². The molecule has 1 rings (SSSR count). The molecule has 3 nitrogen and oxygen atoms in total. The molecule has 0 spiro atoms. The standard InChI is InChI=1S/C7H7NO2/c1-5(2)6(9)7-8-3-4-10-7/h3-4H,1H2,2H3. The maximum atomic E-state index is 10.9. The molecule has 1 aromatic heterocycles. The Labute approximate surface area is 58.4 Å². The summed E-state index contributed by atoms with van der Waals surface area (Å²) >= 11 is 0. The molecule has 0 amide bonds. The van der Waals surface area contributed by atoms with Gasteiger partial charge in [0.1, 0.15) is 6.26 Å². The largest absolute Gasteiger partial charge is 0.442 e. The second-order valence-electron chi connectivity index (χ2n) is 1.95. The van der Waals surface area contributed by atoms with E-state index in [1.807, 2.05) is 0 Å². The molecule has 1 heterocycles. The Bertz CT molecular complexity index is 249. The van der Waals surface area contributed by atoms with E-state index in [2.05, 4.69) is 11.6 Å². The van der Waals surface area contributed by atoms with Gasteiger partial charge in [-0.2, -0.15) is 0 Å². The average molecular weight is 137 g/mol. The Kier molecular flexibility index (Phi) is 1.67. The van der Waals surface area contributed by atoms with Crippen LogP contribution in [0.5, 0.6) is 0 Å². The van der Waals surface area contributed by atoms with Crippen LogP contribution in [0.1, 0.15) is 17.6 Å². The van der Waals surface area contributed by atoms with Gasteiger partial charge in [0.05, 0.1) is 6.20 Å². The van der Waals surface area contributed by atoms with Crippen LogP contribution >= 0.6 is 0 Å². The molecular formula is C7H7NO2. The smallest absolute Gasteiger partial charge is 0.267 e. The molecule has 0 saturated carbocycles. The van der Waals surface area contributed by atoms with Crippen molar-refractivity contribution in [3.63, 3.8) is 0 Å².